The number of carbonyl (C=O) groups is 1. The predicted molar refractivity (Wildman–Crippen MR) is 322 cm³/mol. The van der Waals surface area contributed by atoms with E-state index >= 15 is 4.79 Å². The van der Waals surface area contributed by atoms with Gasteiger partial charge in [-0.1, -0.05) is 41.5 Å². The summed E-state index contributed by atoms with van der Waals surface area (Å²) in [6, 6.07) is 0. The third-order valence-electron chi connectivity index (χ3n) is 26.0. The van der Waals surface area contributed by atoms with Gasteiger partial charge in [-0.15, -0.1) is 0 Å². The number of carbonyl (C=O) groups excluding carboxylic acids is 1. The van der Waals surface area contributed by atoms with Crippen molar-refractivity contribution in [3.05, 3.63) is 0 Å². The van der Waals surface area contributed by atoms with Crippen LogP contribution in [0.2, 0.25) is 0 Å². The molecule has 6 saturated heterocycles. The minimum absolute atomic E-state index is 0.0192. The van der Waals surface area contributed by atoms with Gasteiger partial charge in [-0.25, -0.2) is 0 Å². The van der Waals surface area contributed by atoms with E-state index < -0.39 is 221 Å². The number of hydrogen-bond acceptors (Lipinski definition) is 32. The smallest absolute Gasteiger partial charge is 0.314 e. The van der Waals surface area contributed by atoms with Crippen LogP contribution < -0.4 is 0 Å². The summed E-state index contributed by atoms with van der Waals surface area (Å²) in [6.45, 7) is 13.8. The maximum Gasteiger partial charge on any atom is 0.314 e. The summed E-state index contributed by atoms with van der Waals surface area (Å²) in [4.78, 5) is 15.4. The Morgan fingerprint density at radius 3 is 1.69 bits per heavy atom. The lowest BCUT2D eigenvalue weighted by Gasteiger charge is -2.73. The number of aliphatic hydroxyl groups excluding tert-OH is 19. The number of ether oxygens (including phenoxy) is 12. The van der Waals surface area contributed by atoms with Crippen molar-refractivity contribution >= 4 is 5.97 Å². The van der Waals surface area contributed by atoms with E-state index in [1.165, 1.54) is 13.8 Å². The van der Waals surface area contributed by atoms with E-state index in [0.29, 0.717) is 51.4 Å². The fourth-order valence-electron chi connectivity index (χ4n) is 19.8. The summed E-state index contributed by atoms with van der Waals surface area (Å²) in [6.07, 6.45) is -46.2. The summed E-state index contributed by atoms with van der Waals surface area (Å²) in [5, 5.41) is 208. The Kier molecular flexibility index (Phi) is 22.5. The first-order valence-electron chi connectivity index (χ1n) is 34.6. The fraction of sp³-hybridized carbons (Fsp3) is 0.985. The molecule has 6 aliphatic heterocycles. The third kappa shape index (κ3) is 13.1. The maximum atomic E-state index is 15.4. The second-order valence-corrected chi connectivity index (χ2v) is 31.8. The highest BCUT2D eigenvalue weighted by atomic mass is 16.8. The van der Waals surface area contributed by atoms with E-state index in [9.17, 15) is 97.0 Å². The molecule has 32 nitrogen and oxygen atoms in total. The predicted octanol–water partition coefficient (Wildman–Crippen LogP) is -5.32. The average Bonchev–Trinajstić information content (AvgIpc) is 0.675. The van der Waals surface area contributed by atoms with Crippen LogP contribution in [0.25, 0.3) is 0 Å². The molecule has 0 amide bonds. The van der Waals surface area contributed by atoms with Gasteiger partial charge in [0.1, 0.15) is 128 Å². The van der Waals surface area contributed by atoms with Crippen molar-refractivity contribution in [2.75, 3.05) is 26.4 Å². The van der Waals surface area contributed by atoms with Gasteiger partial charge < -0.3 is 154 Å². The van der Waals surface area contributed by atoms with E-state index in [2.05, 4.69) is 34.6 Å². The topological polar surface area (TPSA) is 512 Å². The van der Waals surface area contributed by atoms with Crippen LogP contribution in [0, 0.1) is 56.2 Å². The lowest BCUT2D eigenvalue weighted by atomic mass is 9.31. The van der Waals surface area contributed by atoms with E-state index in [-0.39, 0.29) is 58.5 Å². The van der Waals surface area contributed by atoms with Crippen molar-refractivity contribution in [2.24, 2.45) is 56.2 Å². The van der Waals surface area contributed by atoms with Crippen LogP contribution in [0.3, 0.4) is 0 Å². The molecule has 5 saturated carbocycles. The second-order valence-electron chi connectivity index (χ2n) is 31.8. The van der Waals surface area contributed by atoms with E-state index in [0.717, 1.165) is 19.3 Å². The maximum absolute atomic E-state index is 15.4. The summed E-state index contributed by atoms with van der Waals surface area (Å²) in [5.74, 6) is -0.978. The molecule has 0 radical (unpaired) electrons. The molecule has 40 unspecified atom stereocenters. The first kappa shape index (κ1) is 76.4. The molecular weight excluding hydrogens is 1290 g/mol. The fourth-order valence-corrected chi connectivity index (χ4v) is 19.8. The van der Waals surface area contributed by atoms with Crippen LogP contribution in [-0.4, -0.2) is 320 Å². The Hall–Kier alpha value is -1.73. The number of hydrogen-bond donors (Lipinski definition) is 19. The zero-order valence-corrected chi connectivity index (χ0v) is 56.1. The summed E-state index contributed by atoms with van der Waals surface area (Å²) < 4.78 is 70.9. The van der Waals surface area contributed by atoms with Gasteiger partial charge in [0, 0.05) is 5.41 Å². The molecule has 32 heteroatoms. The summed E-state index contributed by atoms with van der Waals surface area (Å²) >= 11 is 0. The van der Waals surface area contributed by atoms with Gasteiger partial charge in [0.15, 0.2) is 37.7 Å². The summed E-state index contributed by atoms with van der Waals surface area (Å²) in [5.41, 5.74) is -3.29. The Balaban J connectivity index is 0.764. The molecule has 0 aromatic carbocycles. The molecule has 6 heterocycles. The van der Waals surface area contributed by atoms with Crippen LogP contribution in [0.1, 0.15) is 126 Å². The first-order valence-corrected chi connectivity index (χ1v) is 34.6. The number of rotatable bonds is 16. The molecule has 11 rings (SSSR count). The van der Waals surface area contributed by atoms with Gasteiger partial charge in [0.25, 0.3) is 0 Å². The van der Waals surface area contributed by atoms with Crippen LogP contribution in [0.5, 0.6) is 0 Å². The Morgan fingerprint density at radius 1 is 0.464 bits per heavy atom. The normalized spacial score (nSPS) is 55.9. The van der Waals surface area contributed by atoms with Crippen molar-refractivity contribution < 1.29 is 159 Å². The Morgan fingerprint density at radius 2 is 1.03 bits per heavy atom. The molecule has 0 bridgehead atoms. The zero-order chi connectivity index (χ0) is 70.9. The Bertz CT molecular complexity index is 2670. The highest BCUT2D eigenvalue weighted by molar-refractivity contribution is 5.78. The lowest BCUT2D eigenvalue weighted by molar-refractivity contribution is -0.387. The molecule has 11 aliphatic rings. The van der Waals surface area contributed by atoms with Crippen molar-refractivity contribution in [3.63, 3.8) is 0 Å². The van der Waals surface area contributed by atoms with Crippen LogP contribution >= 0.6 is 0 Å². The van der Waals surface area contributed by atoms with Crippen molar-refractivity contribution in [3.8, 4) is 0 Å². The highest BCUT2D eigenvalue weighted by Crippen LogP contribution is 2.77. The first-order chi connectivity index (χ1) is 45.5. The average molecular weight is 1400 g/mol. The molecular formula is C65H108O32. The van der Waals surface area contributed by atoms with E-state index in [1.54, 1.807) is 0 Å². The number of esters is 1. The van der Waals surface area contributed by atoms with Crippen molar-refractivity contribution in [1.29, 1.82) is 0 Å². The Labute approximate surface area is 562 Å². The molecule has 11 fully saturated rings. The van der Waals surface area contributed by atoms with Gasteiger partial charge in [-0.2, -0.15) is 0 Å². The summed E-state index contributed by atoms with van der Waals surface area (Å²) in [7, 11) is 0. The van der Waals surface area contributed by atoms with Gasteiger partial charge in [-0.05, 0) is 130 Å². The van der Waals surface area contributed by atoms with Crippen LogP contribution in [-0.2, 0) is 61.6 Å². The van der Waals surface area contributed by atoms with Crippen LogP contribution in [0.15, 0.2) is 0 Å². The molecule has 0 aromatic heterocycles. The monoisotopic (exact) mass is 1400 g/mol. The quantitative estimate of drug-likeness (QED) is 0.0390. The molecule has 5 aliphatic carbocycles. The number of fused-ring (bicyclic) bond motifs is 7. The highest BCUT2D eigenvalue weighted by Gasteiger charge is 2.73. The molecule has 40 atom stereocenters. The largest absolute Gasteiger partial charge is 0.432 e. The number of aliphatic hydroxyl groups is 19. The van der Waals surface area contributed by atoms with Crippen molar-refractivity contribution in [2.45, 2.75) is 317 Å². The van der Waals surface area contributed by atoms with E-state index in [1.807, 2.05) is 6.92 Å². The van der Waals surface area contributed by atoms with Gasteiger partial charge in [0.2, 0.25) is 6.29 Å². The SMILES string of the molecule is CC1OC(OC2C(CO)OC(OC(O)C3OC(OC(=O)C45CCC(C)(C)CC4C4CCC6C7(C)CCC(OC8OCC(O)C(O)C8OC8OC(C)C(O)C(OC9OC(CO)C(O)C(O)C9O)C8O)C(C)(CO)C7CCC6(C)C4(C)CC5)C(O)C(O)C3O)C(O)C2O)C(O)C(O)C1O. The molecule has 19 N–H and O–H groups in total. The third-order valence-corrected chi connectivity index (χ3v) is 26.0. The van der Waals surface area contributed by atoms with Gasteiger partial charge in [-0.3, -0.25) is 4.79 Å². The zero-order valence-electron chi connectivity index (χ0n) is 56.1. The van der Waals surface area contributed by atoms with E-state index in [4.69, 9.17) is 56.8 Å². The molecule has 97 heavy (non-hydrogen) atoms. The standard InChI is InChI=1S/C65H108O32/c1-24-34(70)38(74)43(79)53(87-24)92-48-30(21-67)90-55(46(82)42(48)78)96-52(84)50-41(77)40(76)45(81)56(94-50)97-59(85)65-17-15-60(3,4)19-27(65)26-9-10-32-61(5)13-12-33(62(6,23-68)31(61)11-14-64(32,8)63(26,7)16-18-65)91-58-51(36(72)28(69)22-86-58)95-57-47(83)49(35(71)25(2)88-57)93-54-44(80)39(75)37(73)29(20-66)89-54/h24-58,66-84H,9-23H2,1-8H3. The minimum atomic E-state index is -2.33. The van der Waals surface area contributed by atoms with Gasteiger partial charge in [0.05, 0.1) is 50.2 Å². The lowest BCUT2D eigenvalue weighted by Crippen LogP contribution is -2.69. The molecule has 0 aromatic rings. The van der Waals surface area contributed by atoms with Gasteiger partial charge >= 0.3 is 5.97 Å². The minimum Gasteiger partial charge on any atom is -0.432 e. The molecule has 560 valence electrons. The van der Waals surface area contributed by atoms with Crippen LogP contribution in [0.4, 0.5) is 0 Å². The molecule has 0 spiro atoms. The van der Waals surface area contributed by atoms with Crippen molar-refractivity contribution in [1.82, 2.24) is 0 Å². The second kappa shape index (κ2) is 28.6.